The third-order valence-corrected chi connectivity index (χ3v) is 2.91. The number of nitrogens with zero attached hydrogens (tertiary/aromatic N) is 4. The van der Waals surface area contributed by atoms with Gasteiger partial charge in [0.2, 0.25) is 0 Å². The first-order chi connectivity index (χ1) is 7.86. The Balaban J connectivity index is 2.13. The van der Waals surface area contributed by atoms with E-state index in [1.165, 1.54) is 12.8 Å². The zero-order valence-corrected chi connectivity index (χ0v) is 8.93. The molecule has 0 spiro atoms. The molecule has 2 aromatic rings. The number of nitrogens with two attached hydrogens (primary N) is 1. The molecule has 0 bridgehead atoms. The van der Waals surface area contributed by atoms with Crippen molar-refractivity contribution in [3.63, 3.8) is 0 Å². The first-order valence-corrected chi connectivity index (χ1v) is 5.49. The summed E-state index contributed by atoms with van der Waals surface area (Å²) >= 11 is 0. The van der Waals surface area contributed by atoms with Gasteiger partial charge in [-0.05, 0) is 25.0 Å². The topological polar surface area (TPSA) is 69.6 Å². The van der Waals surface area contributed by atoms with Crippen molar-refractivity contribution >= 4 is 5.69 Å². The molecule has 2 N–H and O–H groups in total. The lowest BCUT2D eigenvalue weighted by Crippen LogP contribution is -2.12. The Morgan fingerprint density at radius 1 is 1.25 bits per heavy atom. The third-order valence-electron chi connectivity index (χ3n) is 2.91. The molecule has 0 amide bonds. The van der Waals surface area contributed by atoms with Crippen LogP contribution in [0.5, 0.6) is 0 Å². The molecule has 3 rings (SSSR count). The predicted molar refractivity (Wildman–Crippen MR) is 60.6 cm³/mol. The van der Waals surface area contributed by atoms with E-state index >= 15 is 0 Å². The minimum Gasteiger partial charge on any atom is -0.397 e. The molecule has 0 unspecified atom stereocenters. The van der Waals surface area contributed by atoms with Gasteiger partial charge in [-0.3, -0.25) is 4.98 Å². The molecular formula is C11H13N5. The number of nitrogen functional groups attached to an aromatic ring is 1. The summed E-state index contributed by atoms with van der Waals surface area (Å²) in [6, 6.07) is 3.67. The zero-order chi connectivity index (χ0) is 11.0. The van der Waals surface area contributed by atoms with Crippen LogP contribution in [0.1, 0.15) is 18.7 Å². The van der Waals surface area contributed by atoms with E-state index in [9.17, 15) is 0 Å². The van der Waals surface area contributed by atoms with Crippen molar-refractivity contribution in [3.05, 3.63) is 24.2 Å². The Hall–Kier alpha value is -1.91. The van der Waals surface area contributed by atoms with Crippen molar-refractivity contribution in [1.29, 1.82) is 0 Å². The second-order valence-electron chi connectivity index (χ2n) is 3.99. The van der Waals surface area contributed by atoms with Crippen LogP contribution in [0, 0.1) is 0 Å². The maximum absolute atomic E-state index is 5.90. The van der Waals surface area contributed by atoms with Gasteiger partial charge >= 0.3 is 0 Å². The van der Waals surface area contributed by atoms with Crippen molar-refractivity contribution in [2.24, 2.45) is 0 Å². The zero-order valence-electron chi connectivity index (χ0n) is 8.93. The minimum absolute atomic E-state index is 0.656. The largest absolute Gasteiger partial charge is 0.397 e. The van der Waals surface area contributed by atoms with E-state index in [4.69, 9.17) is 5.73 Å². The third kappa shape index (κ3) is 1.36. The van der Waals surface area contributed by atoms with Gasteiger partial charge in [-0.25, -0.2) is 0 Å². The number of hydrogen-bond donors (Lipinski definition) is 1. The Morgan fingerprint density at radius 3 is 3.06 bits per heavy atom. The van der Waals surface area contributed by atoms with Crippen molar-refractivity contribution in [1.82, 2.24) is 19.7 Å². The second kappa shape index (κ2) is 3.59. The summed E-state index contributed by atoms with van der Waals surface area (Å²) in [5, 5.41) is 8.39. The lowest BCUT2D eigenvalue weighted by atomic mass is 10.1. The van der Waals surface area contributed by atoms with E-state index in [2.05, 4.69) is 19.7 Å². The first kappa shape index (κ1) is 9.33. The molecule has 3 heterocycles. The van der Waals surface area contributed by atoms with Crippen LogP contribution < -0.4 is 5.73 Å². The fourth-order valence-corrected chi connectivity index (χ4v) is 2.09. The molecule has 0 saturated carbocycles. The van der Waals surface area contributed by atoms with Gasteiger partial charge in [-0.15, -0.1) is 10.2 Å². The van der Waals surface area contributed by atoms with E-state index in [1.54, 1.807) is 6.20 Å². The molecule has 0 aromatic carbocycles. The van der Waals surface area contributed by atoms with Crippen LogP contribution in [0.2, 0.25) is 0 Å². The van der Waals surface area contributed by atoms with Crippen LogP contribution in [0.25, 0.3) is 11.5 Å². The van der Waals surface area contributed by atoms with Crippen LogP contribution in [0.4, 0.5) is 5.69 Å². The van der Waals surface area contributed by atoms with Crippen LogP contribution in [-0.2, 0) is 13.0 Å². The fourth-order valence-electron chi connectivity index (χ4n) is 2.09. The lowest BCUT2D eigenvalue weighted by molar-refractivity contribution is 0.525. The average Bonchev–Trinajstić information content (AvgIpc) is 2.74. The number of pyridine rings is 1. The summed E-state index contributed by atoms with van der Waals surface area (Å²) in [6.45, 7) is 0.966. The number of anilines is 1. The summed E-state index contributed by atoms with van der Waals surface area (Å²) in [5.41, 5.74) is 7.30. The minimum atomic E-state index is 0.656. The number of rotatable bonds is 1. The second-order valence-corrected chi connectivity index (χ2v) is 3.99. The van der Waals surface area contributed by atoms with E-state index in [1.807, 2.05) is 12.1 Å². The van der Waals surface area contributed by atoms with E-state index < -0.39 is 0 Å². The number of aryl methyl sites for hydroxylation is 1. The van der Waals surface area contributed by atoms with Gasteiger partial charge in [0.15, 0.2) is 5.82 Å². The fraction of sp³-hybridized carbons (Fsp3) is 0.364. The molecule has 82 valence electrons. The molecule has 1 aliphatic rings. The molecule has 2 aromatic heterocycles. The molecule has 5 nitrogen and oxygen atoms in total. The van der Waals surface area contributed by atoms with Gasteiger partial charge in [-0.1, -0.05) is 0 Å². The van der Waals surface area contributed by atoms with Gasteiger partial charge in [0.05, 0.1) is 5.69 Å². The van der Waals surface area contributed by atoms with Gasteiger partial charge in [0, 0.05) is 19.2 Å². The highest BCUT2D eigenvalue weighted by Crippen LogP contribution is 2.24. The summed E-state index contributed by atoms with van der Waals surface area (Å²) in [7, 11) is 0. The molecule has 0 fully saturated rings. The predicted octanol–water partition coefficient (Wildman–Crippen LogP) is 1.26. The van der Waals surface area contributed by atoms with Gasteiger partial charge in [-0.2, -0.15) is 0 Å². The number of fused-ring (bicyclic) bond motifs is 1. The summed E-state index contributed by atoms with van der Waals surface area (Å²) in [5.74, 6) is 1.85. The summed E-state index contributed by atoms with van der Waals surface area (Å²) < 4.78 is 2.13. The van der Waals surface area contributed by atoms with Crippen molar-refractivity contribution in [2.75, 3.05) is 5.73 Å². The molecule has 1 aliphatic heterocycles. The number of aromatic nitrogens is 4. The Morgan fingerprint density at radius 2 is 2.19 bits per heavy atom. The lowest BCUT2D eigenvalue weighted by Gasteiger charge is -2.14. The van der Waals surface area contributed by atoms with Gasteiger partial charge in [0.25, 0.3) is 0 Å². The molecular weight excluding hydrogens is 202 g/mol. The SMILES string of the molecule is Nc1cccnc1-c1nnc2n1CCCC2. The van der Waals surface area contributed by atoms with Crippen LogP contribution in [-0.4, -0.2) is 19.7 Å². The molecule has 16 heavy (non-hydrogen) atoms. The van der Waals surface area contributed by atoms with Gasteiger partial charge < -0.3 is 10.3 Å². The Kier molecular flexibility index (Phi) is 2.09. The van der Waals surface area contributed by atoms with Crippen molar-refractivity contribution < 1.29 is 0 Å². The van der Waals surface area contributed by atoms with E-state index in [0.717, 1.165) is 30.3 Å². The quantitative estimate of drug-likeness (QED) is 0.777. The van der Waals surface area contributed by atoms with Crippen molar-refractivity contribution in [3.8, 4) is 11.5 Å². The summed E-state index contributed by atoms with van der Waals surface area (Å²) in [6.07, 6.45) is 5.09. The smallest absolute Gasteiger partial charge is 0.184 e. The summed E-state index contributed by atoms with van der Waals surface area (Å²) in [4.78, 5) is 4.28. The molecule has 0 aliphatic carbocycles. The average molecular weight is 215 g/mol. The van der Waals surface area contributed by atoms with Crippen LogP contribution in [0.15, 0.2) is 18.3 Å². The number of hydrogen-bond acceptors (Lipinski definition) is 4. The Labute approximate surface area is 93.3 Å². The standard InChI is InChI=1S/C11H13N5/c12-8-4-3-6-13-10(8)11-15-14-9-5-1-2-7-16(9)11/h3-4,6H,1-2,5,7,12H2. The molecule has 0 atom stereocenters. The van der Waals surface area contributed by atoms with E-state index in [0.29, 0.717) is 5.69 Å². The first-order valence-electron chi connectivity index (χ1n) is 5.49. The molecule has 5 heteroatoms. The highest BCUT2D eigenvalue weighted by atomic mass is 15.3. The monoisotopic (exact) mass is 215 g/mol. The molecule has 0 saturated heterocycles. The molecule has 0 radical (unpaired) electrons. The highest BCUT2D eigenvalue weighted by molar-refractivity contribution is 5.66. The van der Waals surface area contributed by atoms with Crippen LogP contribution in [0.3, 0.4) is 0 Å². The maximum Gasteiger partial charge on any atom is 0.184 e. The van der Waals surface area contributed by atoms with Gasteiger partial charge in [0.1, 0.15) is 11.5 Å². The Bertz CT molecular complexity index is 517. The van der Waals surface area contributed by atoms with Crippen molar-refractivity contribution in [2.45, 2.75) is 25.8 Å². The van der Waals surface area contributed by atoms with Crippen LogP contribution >= 0.6 is 0 Å². The maximum atomic E-state index is 5.90. The van der Waals surface area contributed by atoms with E-state index in [-0.39, 0.29) is 0 Å². The normalized spacial score (nSPS) is 14.8. The highest BCUT2D eigenvalue weighted by Gasteiger charge is 2.18.